The molecule has 1 unspecified atom stereocenters. The van der Waals surface area contributed by atoms with Gasteiger partial charge in [-0.1, -0.05) is 35.9 Å². The quantitative estimate of drug-likeness (QED) is 0.806. The van der Waals surface area contributed by atoms with Gasteiger partial charge in [-0.25, -0.2) is 4.79 Å². The van der Waals surface area contributed by atoms with E-state index in [1.165, 1.54) is 0 Å². The van der Waals surface area contributed by atoms with Crippen LogP contribution >= 0.6 is 11.6 Å². The lowest BCUT2D eigenvalue weighted by Crippen LogP contribution is -2.28. The fourth-order valence-electron chi connectivity index (χ4n) is 1.87. The second-order valence-electron chi connectivity index (χ2n) is 4.85. The number of hydrogen-bond donors (Lipinski definition) is 3. The van der Waals surface area contributed by atoms with Gasteiger partial charge in [0.1, 0.15) is 0 Å². The predicted octanol–water partition coefficient (Wildman–Crippen LogP) is 3.68. The number of nitrogens with two attached hydrogens (primary N) is 1. The zero-order valence-electron chi connectivity index (χ0n) is 11.8. The molecule has 2 rings (SSSR count). The molecule has 1 atom stereocenters. The number of halogens is 1. The highest BCUT2D eigenvalue weighted by Gasteiger charge is 2.03. The minimum atomic E-state index is -0.261. The Morgan fingerprint density at radius 1 is 1.24 bits per heavy atom. The van der Waals surface area contributed by atoms with Crippen LogP contribution in [0.1, 0.15) is 24.1 Å². The first-order chi connectivity index (χ1) is 10.0. The molecule has 0 saturated heterocycles. The van der Waals surface area contributed by atoms with E-state index in [-0.39, 0.29) is 12.1 Å². The standard InChI is InChI=1S/C16H18ClN3O/c1-11(18)13-5-7-15(8-6-13)20-16(21)19-10-12-3-2-4-14(17)9-12/h2-9,11H,10,18H2,1H3,(H2,19,20,21). The van der Waals surface area contributed by atoms with Crippen molar-refractivity contribution in [1.29, 1.82) is 0 Å². The number of carbonyl (C=O) groups is 1. The molecule has 0 bridgehead atoms. The molecule has 0 radical (unpaired) electrons. The fourth-order valence-corrected chi connectivity index (χ4v) is 2.09. The molecule has 0 spiro atoms. The van der Waals surface area contributed by atoms with Gasteiger partial charge in [0.15, 0.2) is 0 Å². The maximum Gasteiger partial charge on any atom is 0.319 e. The van der Waals surface area contributed by atoms with Crippen LogP contribution in [-0.4, -0.2) is 6.03 Å². The summed E-state index contributed by atoms with van der Waals surface area (Å²) < 4.78 is 0. The molecule has 0 heterocycles. The first kappa shape index (κ1) is 15.4. The summed E-state index contributed by atoms with van der Waals surface area (Å²) >= 11 is 5.89. The summed E-state index contributed by atoms with van der Waals surface area (Å²) in [5, 5.41) is 6.20. The van der Waals surface area contributed by atoms with Crippen molar-refractivity contribution in [2.24, 2.45) is 5.73 Å². The number of rotatable bonds is 4. The van der Waals surface area contributed by atoms with Crippen LogP contribution < -0.4 is 16.4 Å². The maximum atomic E-state index is 11.8. The van der Waals surface area contributed by atoms with Crippen LogP contribution in [0.5, 0.6) is 0 Å². The number of urea groups is 1. The van der Waals surface area contributed by atoms with Crippen molar-refractivity contribution < 1.29 is 4.79 Å². The number of nitrogens with one attached hydrogen (secondary N) is 2. The Morgan fingerprint density at radius 2 is 1.95 bits per heavy atom. The Kier molecular flexibility index (Phi) is 5.20. The summed E-state index contributed by atoms with van der Waals surface area (Å²) in [6, 6.07) is 14.6. The number of carbonyl (C=O) groups excluding carboxylic acids is 1. The second-order valence-corrected chi connectivity index (χ2v) is 5.28. The normalized spacial score (nSPS) is 11.8. The zero-order valence-corrected chi connectivity index (χ0v) is 12.5. The summed E-state index contributed by atoms with van der Waals surface area (Å²) in [7, 11) is 0. The Morgan fingerprint density at radius 3 is 2.57 bits per heavy atom. The largest absolute Gasteiger partial charge is 0.334 e. The van der Waals surface area contributed by atoms with Crippen molar-refractivity contribution in [3.63, 3.8) is 0 Å². The minimum absolute atomic E-state index is 0.0179. The van der Waals surface area contributed by atoms with Crippen molar-refractivity contribution in [3.8, 4) is 0 Å². The van der Waals surface area contributed by atoms with Crippen molar-refractivity contribution in [3.05, 3.63) is 64.7 Å². The Hall–Kier alpha value is -2.04. The molecule has 0 aliphatic rings. The lowest BCUT2D eigenvalue weighted by Gasteiger charge is -2.10. The molecule has 0 aliphatic heterocycles. The van der Waals surface area contributed by atoms with Gasteiger partial charge in [0.25, 0.3) is 0 Å². The average molecular weight is 304 g/mol. The third-order valence-corrected chi connectivity index (χ3v) is 3.27. The maximum absolute atomic E-state index is 11.8. The van der Waals surface area contributed by atoms with Gasteiger partial charge < -0.3 is 16.4 Å². The summed E-state index contributed by atoms with van der Waals surface area (Å²) in [4.78, 5) is 11.8. The van der Waals surface area contributed by atoms with Gasteiger partial charge in [0.05, 0.1) is 0 Å². The van der Waals surface area contributed by atoms with Crippen molar-refractivity contribution >= 4 is 23.3 Å². The van der Waals surface area contributed by atoms with Gasteiger partial charge in [-0.3, -0.25) is 0 Å². The van der Waals surface area contributed by atoms with Gasteiger partial charge >= 0.3 is 6.03 Å². The van der Waals surface area contributed by atoms with Gasteiger partial charge in [0.2, 0.25) is 0 Å². The van der Waals surface area contributed by atoms with Crippen LogP contribution in [-0.2, 0) is 6.54 Å². The molecule has 0 saturated carbocycles. The predicted molar refractivity (Wildman–Crippen MR) is 86.4 cm³/mol. The number of hydrogen-bond acceptors (Lipinski definition) is 2. The van der Waals surface area contributed by atoms with Crippen LogP contribution in [0.4, 0.5) is 10.5 Å². The van der Waals surface area contributed by atoms with Crippen molar-refractivity contribution in [2.75, 3.05) is 5.32 Å². The molecular formula is C16H18ClN3O. The Labute approximate surface area is 129 Å². The molecule has 2 aromatic carbocycles. The van der Waals surface area contributed by atoms with E-state index in [1.54, 1.807) is 6.07 Å². The van der Waals surface area contributed by atoms with E-state index in [4.69, 9.17) is 17.3 Å². The number of benzene rings is 2. The molecule has 2 amide bonds. The summed E-state index contributed by atoms with van der Waals surface area (Å²) in [6.45, 7) is 2.34. The van der Waals surface area contributed by atoms with Gasteiger partial charge in [-0.05, 0) is 42.3 Å². The third kappa shape index (κ3) is 4.77. The van der Waals surface area contributed by atoms with E-state index < -0.39 is 0 Å². The topological polar surface area (TPSA) is 67.1 Å². The van der Waals surface area contributed by atoms with Gasteiger partial charge in [0, 0.05) is 23.3 Å². The molecule has 0 aliphatic carbocycles. The Bertz CT molecular complexity index is 611. The van der Waals surface area contributed by atoms with Crippen molar-refractivity contribution in [1.82, 2.24) is 5.32 Å². The van der Waals surface area contributed by atoms with Crippen LogP contribution in [0, 0.1) is 0 Å². The molecule has 0 fully saturated rings. The zero-order chi connectivity index (χ0) is 15.2. The molecular weight excluding hydrogens is 286 g/mol. The van der Waals surface area contributed by atoms with Crippen LogP contribution in [0.3, 0.4) is 0 Å². The smallest absolute Gasteiger partial charge is 0.319 e. The van der Waals surface area contributed by atoms with Crippen LogP contribution in [0.15, 0.2) is 48.5 Å². The van der Waals surface area contributed by atoms with E-state index in [0.29, 0.717) is 11.6 Å². The lowest BCUT2D eigenvalue weighted by molar-refractivity contribution is 0.251. The fraction of sp³-hybridized carbons (Fsp3) is 0.188. The second kappa shape index (κ2) is 7.11. The molecule has 0 aromatic heterocycles. The summed E-state index contributed by atoms with van der Waals surface area (Å²) in [5.74, 6) is 0. The summed E-state index contributed by atoms with van der Waals surface area (Å²) in [6.07, 6.45) is 0. The highest BCUT2D eigenvalue weighted by atomic mass is 35.5. The molecule has 21 heavy (non-hydrogen) atoms. The highest BCUT2D eigenvalue weighted by Crippen LogP contribution is 2.14. The van der Waals surface area contributed by atoms with E-state index in [9.17, 15) is 4.79 Å². The van der Waals surface area contributed by atoms with E-state index in [2.05, 4.69) is 10.6 Å². The average Bonchev–Trinajstić information content (AvgIpc) is 2.46. The van der Waals surface area contributed by atoms with Gasteiger partial charge in [-0.15, -0.1) is 0 Å². The van der Waals surface area contributed by atoms with E-state index in [0.717, 1.165) is 16.8 Å². The number of amides is 2. The van der Waals surface area contributed by atoms with Crippen LogP contribution in [0.2, 0.25) is 5.02 Å². The highest BCUT2D eigenvalue weighted by molar-refractivity contribution is 6.30. The molecule has 4 nitrogen and oxygen atoms in total. The third-order valence-electron chi connectivity index (χ3n) is 3.04. The number of anilines is 1. The van der Waals surface area contributed by atoms with E-state index in [1.807, 2.05) is 49.4 Å². The Balaban J connectivity index is 1.87. The van der Waals surface area contributed by atoms with Gasteiger partial charge in [-0.2, -0.15) is 0 Å². The monoisotopic (exact) mass is 303 g/mol. The first-order valence-corrected chi connectivity index (χ1v) is 7.07. The van der Waals surface area contributed by atoms with E-state index >= 15 is 0 Å². The molecule has 110 valence electrons. The first-order valence-electron chi connectivity index (χ1n) is 6.69. The molecule has 2 aromatic rings. The van der Waals surface area contributed by atoms with Crippen molar-refractivity contribution in [2.45, 2.75) is 19.5 Å². The lowest BCUT2D eigenvalue weighted by atomic mass is 10.1. The summed E-state index contributed by atoms with van der Waals surface area (Å²) in [5.41, 5.74) is 8.48. The molecule has 4 N–H and O–H groups in total. The SMILES string of the molecule is CC(N)c1ccc(NC(=O)NCc2cccc(Cl)c2)cc1. The minimum Gasteiger partial charge on any atom is -0.334 e. The van der Waals surface area contributed by atoms with Crippen LogP contribution in [0.25, 0.3) is 0 Å². The molecule has 5 heteroatoms.